The highest BCUT2D eigenvalue weighted by molar-refractivity contribution is 5.85. The van der Waals surface area contributed by atoms with Gasteiger partial charge in [-0.3, -0.25) is 4.90 Å². The normalized spacial score (nSPS) is 13.3. The number of rotatable bonds is 10. The van der Waals surface area contributed by atoms with Crippen molar-refractivity contribution in [3.8, 4) is 0 Å². The zero-order valence-electron chi connectivity index (χ0n) is 11.7. The van der Waals surface area contributed by atoms with Crippen LogP contribution in [-0.2, 0) is 4.74 Å². The van der Waals surface area contributed by atoms with Gasteiger partial charge in [0.25, 0.3) is 0 Å². The quantitative estimate of drug-likeness (QED) is 0.230. The van der Waals surface area contributed by atoms with E-state index in [4.69, 9.17) is 20.8 Å². The number of nitrogens with two attached hydrogens (primary N) is 1. The molecule has 0 saturated heterocycles. The third-order valence-electron chi connectivity index (χ3n) is 3.11. The third-order valence-corrected chi connectivity index (χ3v) is 3.11. The first-order valence-electron chi connectivity index (χ1n) is 6.28. The minimum absolute atomic E-state index is 0.146. The Hall–Kier alpha value is -0.850. The number of aliphatic hydroxyl groups excluding tert-OH is 1. The van der Waals surface area contributed by atoms with Crippen molar-refractivity contribution in [2.24, 2.45) is 16.3 Å². The van der Waals surface area contributed by atoms with E-state index in [1.165, 1.54) is 0 Å². The van der Waals surface area contributed by atoms with Gasteiger partial charge in [0.15, 0.2) is 0 Å². The maximum atomic E-state index is 8.97. The first-order chi connectivity index (χ1) is 8.47. The van der Waals surface area contributed by atoms with E-state index in [0.717, 1.165) is 25.9 Å². The number of ether oxygens (including phenoxy) is 1. The second kappa shape index (κ2) is 9.13. The van der Waals surface area contributed by atoms with Crippen LogP contribution >= 0.6 is 0 Å². The molecule has 0 rings (SSSR count). The Labute approximate surface area is 109 Å². The zero-order valence-corrected chi connectivity index (χ0v) is 11.7. The number of aliphatic hydroxyl groups is 1. The summed E-state index contributed by atoms with van der Waals surface area (Å²) in [6, 6.07) is 0. The summed E-state index contributed by atoms with van der Waals surface area (Å²) in [5.41, 5.74) is 5.33. The highest BCUT2D eigenvalue weighted by Gasteiger charge is 2.23. The van der Waals surface area contributed by atoms with Gasteiger partial charge in [-0.05, 0) is 19.4 Å². The molecule has 0 heterocycles. The minimum atomic E-state index is -0.305. The van der Waals surface area contributed by atoms with Gasteiger partial charge >= 0.3 is 0 Å². The summed E-state index contributed by atoms with van der Waals surface area (Å²) in [4.78, 5) is 2.14. The predicted octanol–water partition coefficient (Wildman–Crippen LogP) is 0.480. The molecular weight excluding hydrogens is 234 g/mol. The average molecular weight is 261 g/mol. The number of hydrogen-bond donors (Lipinski definition) is 3. The summed E-state index contributed by atoms with van der Waals surface area (Å²) >= 11 is 0. The minimum Gasteiger partial charge on any atom is -0.409 e. The Kier molecular flexibility index (Phi) is 8.70. The third kappa shape index (κ3) is 6.78. The summed E-state index contributed by atoms with van der Waals surface area (Å²) in [6.07, 6.45) is 1.75. The van der Waals surface area contributed by atoms with Crippen LogP contribution in [0.25, 0.3) is 0 Å². The number of nitrogens with zero attached hydrogens (tertiary/aromatic N) is 2. The molecule has 0 radical (unpaired) electrons. The number of hydrogen-bond acceptors (Lipinski definition) is 5. The molecule has 6 heteroatoms. The molecule has 0 aliphatic heterocycles. The number of amidine groups is 1. The Morgan fingerprint density at radius 1 is 1.33 bits per heavy atom. The van der Waals surface area contributed by atoms with Crippen molar-refractivity contribution in [2.45, 2.75) is 26.7 Å². The molecule has 0 saturated carbocycles. The van der Waals surface area contributed by atoms with Crippen LogP contribution in [0, 0.1) is 5.41 Å². The lowest BCUT2D eigenvalue weighted by Crippen LogP contribution is -2.35. The molecule has 108 valence electrons. The molecule has 4 N–H and O–H groups in total. The Bertz CT molecular complexity index is 245. The monoisotopic (exact) mass is 261 g/mol. The SMILES string of the molecule is COCCN(CCO)CCCC(C)(C)C(N)=NO. The van der Waals surface area contributed by atoms with Crippen LogP contribution in [0.4, 0.5) is 0 Å². The van der Waals surface area contributed by atoms with Crippen LogP contribution < -0.4 is 5.73 Å². The van der Waals surface area contributed by atoms with Gasteiger partial charge in [0.1, 0.15) is 5.84 Å². The van der Waals surface area contributed by atoms with Crippen LogP contribution in [0.1, 0.15) is 26.7 Å². The molecule has 0 aromatic rings. The van der Waals surface area contributed by atoms with Crippen LogP contribution in [0.15, 0.2) is 5.16 Å². The number of methoxy groups -OCH3 is 1. The lowest BCUT2D eigenvalue weighted by atomic mass is 9.86. The smallest absolute Gasteiger partial charge is 0.144 e. The van der Waals surface area contributed by atoms with Gasteiger partial charge in [0.2, 0.25) is 0 Å². The lowest BCUT2D eigenvalue weighted by molar-refractivity contribution is 0.128. The van der Waals surface area contributed by atoms with Crippen molar-refractivity contribution in [3.05, 3.63) is 0 Å². The van der Waals surface area contributed by atoms with E-state index in [9.17, 15) is 0 Å². The van der Waals surface area contributed by atoms with Gasteiger partial charge in [-0.15, -0.1) is 0 Å². The van der Waals surface area contributed by atoms with E-state index in [1.807, 2.05) is 13.8 Å². The van der Waals surface area contributed by atoms with Crippen LogP contribution in [0.2, 0.25) is 0 Å². The molecule has 0 aromatic heterocycles. The second-order valence-electron chi connectivity index (χ2n) is 5.03. The molecule has 0 amide bonds. The van der Waals surface area contributed by atoms with Crippen molar-refractivity contribution in [1.82, 2.24) is 4.90 Å². The maximum absolute atomic E-state index is 8.97. The highest BCUT2D eigenvalue weighted by Crippen LogP contribution is 2.22. The zero-order chi connectivity index (χ0) is 14.0. The molecule has 0 atom stereocenters. The van der Waals surface area contributed by atoms with Gasteiger partial charge in [-0.2, -0.15) is 0 Å². The largest absolute Gasteiger partial charge is 0.409 e. The topological polar surface area (TPSA) is 91.3 Å². The molecule has 0 fully saturated rings. The van der Waals surface area contributed by atoms with Gasteiger partial charge in [-0.1, -0.05) is 19.0 Å². The molecule has 0 aliphatic carbocycles. The fourth-order valence-electron chi connectivity index (χ4n) is 1.71. The molecule has 0 bridgehead atoms. The standard InChI is InChI=1S/C12H27N3O3/c1-12(2,11(13)14-17)5-4-6-15(7-9-16)8-10-18-3/h16-17H,4-10H2,1-3H3,(H2,13,14). The fourth-order valence-corrected chi connectivity index (χ4v) is 1.71. The molecule has 0 unspecified atom stereocenters. The summed E-state index contributed by atoms with van der Waals surface area (Å²) in [6.45, 7) is 7.03. The van der Waals surface area contributed by atoms with E-state index in [0.29, 0.717) is 13.2 Å². The number of oxime groups is 1. The average Bonchev–Trinajstić information content (AvgIpc) is 2.34. The molecule has 0 spiro atoms. The molecule has 0 aliphatic rings. The molecule has 6 nitrogen and oxygen atoms in total. The Balaban J connectivity index is 4.04. The van der Waals surface area contributed by atoms with Crippen LogP contribution in [0.5, 0.6) is 0 Å². The van der Waals surface area contributed by atoms with E-state index < -0.39 is 0 Å². The summed E-state index contributed by atoms with van der Waals surface area (Å²) < 4.78 is 5.03. The molecule has 0 aromatic carbocycles. The van der Waals surface area contributed by atoms with E-state index >= 15 is 0 Å². The van der Waals surface area contributed by atoms with Crippen molar-refractivity contribution in [1.29, 1.82) is 0 Å². The van der Waals surface area contributed by atoms with Crippen molar-refractivity contribution < 1.29 is 15.1 Å². The van der Waals surface area contributed by atoms with Crippen molar-refractivity contribution in [3.63, 3.8) is 0 Å². The molecule has 18 heavy (non-hydrogen) atoms. The highest BCUT2D eigenvalue weighted by atomic mass is 16.5. The van der Waals surface area contributed by atoms with E-state index in [2.05, 4.69) is 10.1 Å². The summed E-state index contributed by atoms with van der Waals surface area (Å²) in [7, 11) is 1.67. The van der Waals surface area contributed by atoms with Crippen molar-refractivity contribution in [2.75, 3.05) is 40.0 Å². The molecular formula is C12H27N3O3. The fraction of sp³-hybridized carbons (Fsp3) is 0.917. The van der Waals surface area contributed by atoms with Crippen LogP contribution in [-0.4, -0.2) is 61.0 Å². The predicted molar refractivity (Wildman–Crippen MR) is 71.8 cm³/mol. The maximum Gasteiger partial charge on any atom is 0.144 e. The second-order valence-corrected chi connectivity index (χ2v) is 5.03. The summed E-state index contributed by atoms with van der Waals surface area (Å²) in [5, 5.41) is 20.7. The lowest BCUT2D eigenvalue weighted by Gasteiger charge is -2.25. The summed E-state index contributed by atoms with van der Waals surface area (Å²) in [5.74, 6) is 0.257. The van der Waals surface area contributed by atoms with E-state index in [-0.39, 0.29) is 17.9 Å². The van der Waals surface area contributed by atoms with E-state index in [1.54, 1.807) is 7.11 Å². The van der Waals surface area contributed by atoms with Gasteiger partial charge in [0, 0.05) is 25.6 Å². The Morgan fingerprint density at radius 3 is 2.50 bits per heavy atom. The van der Waals surface area contributed by atoms with Gasteiger partial charge < -0.3 is 20.8 Å². The van der Waals surface area contributed by atoms with Gasteiger partial charge in [-0.25, -0.2) is 0 Å². The first-order valence-corrected chi connectivity index (χ1v) is 6.28. The Morgan fingerprint density at radius 2 is 2.00 bits per heavy atom. The van der Waals surface area contributed by atoms with Gasteiger partial charge in [0.05, 0.1) is 13.2 Å². The first kappa shape index (κ1) is 17.2. The van der Waals surface area contributed by atoms with Crippen LogP contribution in [0.3, 0.4) is 0 Å². The van der Waals surface area contributed by atoms with Crippen molar-refractivity contribution >= 4 is 5.84 Å².